The fraction of sp³-hybridized carbons (Fsp3) is 0.562. The van der Waals surface area contributed by atoms with Gasteiger partial charge in [0.25, 0.3) is 0 Å². The second kappa shape index (κ2) is 5.92. The zero-order valence-electron chi connectivity index (χ0n) is 12.4. The van der Waals surface area contributed by atoms with Crippen LogP contribution in [0.25, 0.3) is 0 Å². The van der Waals surface area contributed by atoms with Gasteiger partial charge in [-0.25, -0.2) is 4.39 Å². The molecule has 2 rings (SSSR count). The average Bonchev–Trinajstić information content (AvgIpc) is 2.96. The van der Waals surface area contributed by atoms with E-state index >= 15 is 0 Å². The number of carbonyl (C=O) groups excluding carboxylic acids is 1. The van der Waals surface area contributed by atoms with Gasteiger partial charge in [-0.15, -0.1) is 0 Å². The maximum Gasteiger partial charge on any atom is 0.230 e. The molecule has 1 N–H and O–H groups in total. The van der Waals surface area contributed by atoms with Crippen LogP contribution in [0, 0.1) is 11.2 Å². The molecule has 0 radical (unpaired) electrons. The minimum atomic E-state index is -0.275. The van der Waals surface area contributed by atoms with E-state index in [1.165, 1.54) is 12.1 Å². The van der Waals surface area contributed by atoms with Gasteiger partial charge in [0, 0.05) is 13.6 Å². The van der Waals surface area contributed by atoms with Crippen molar-refractivity contribution >= 4 is 5.91 Å². The number of rotatable bonds is 4. The van der Waals surface area contributed by atoms with Crippen LogP contribution in [0.4, 0.5) is 4.39 Å². The topological polar surface area (TPSA) is 32.3 Å². The third-order valence-corrected chi connectivity index (χ3v) is 4.63. The minimum absolute atomic E-state index is 0.0490. The van der Waals surface area contributed by atoms with Crippen LogP contribution < -0.4 is 5.32 Å². The van der Waals surface area contributed by atoms with E-state index in [2.05, 4.69) is 12.2 Å². The maximum atomic E-state index is 13.0. The summed E-state index contributed by atoms with van der Waals surface area (Å²) in [6.07, 6.45) is 1.74. The van der Waals surface area contributed by atoms with Crippen LogP contribution in [-0.4, -0.2) is 30.9 Å². The molecule has 1 saturated heterocycles. The molecule has 0 bridgehead atoms. The van der Waals surface area contributed by atoms with Crippen LogP contribution in [0.3, 0.4) is 0 Å². The molecule has 1 aliphatic heterocycles. The summed E-state index contributed by atoms with van der Waals surface area (Å²) in [6.45, 7) is 5.71. The zero-order valence-corrected chi connectivity index (χ0v) is 12.4. The summed E-state index contributed by atoms with van der Waals surface area (Å²) in [7, 11) is 1.84. The maximum absolute atomic E-state index is 13.0. The first kappa shape index (κ1) is 15.0. The highest BCUT2D eigenvalue weighted by atomic mass is 19.1. The normalized spacial score (nSPS) is 23.6. The van der Waals surface area contributed by atoms with Gasteiger partial charge >= 0.3 is 0 Å². The van der Waals surface area contributed by atoms with Gasteiger partial charge in [0.05, 0.1) is 11.5 Å². The summed E-state index contributed by atoms with van der Waals surface area (Å²) >= 11 is 0. The van der Waals surface area contributed by atoms with Crippen molar-refractivity contribution in [3.8, 4) is 0 Å². The summed E-state index contributed by atoms with van der Waals surface area (Å²) in [5.41, 5.74) is 0.683. The van der Waals surface area contributed by atoms with Crippen molar-refractivity contribution in [2.24, 2.45) is 5.41 Å². The van der Waals surface area contributed by atoms with Gasteiger partial charge in [0.2, 0.25) is 5.91 Å². The highest BCUT2D eigenvalue weighted by molar-refractivity contribution is 5.83. The molecule has 0 spiro atoms. The van der Waals surface area contributed by atoms with Crippen LogP contribution in [0.2, 0.25) is 0 Å². The number of hydrogen-bond acceptors (Lipinski definition) is 2. The lowest BCUT2D eigenvalue weighted by Gasteiger charge is -2.34. The van der Waals surface area contributed by atoms with Crippen molar-refractivity contribution in [1.29, 1.82) is 0 Å². The van der Waals surface area contributed by atoms with Gasteiger partial charge in [-0.2, -0.15) is 0 Å². The van der Waals surface area contributed by atoms with Crippen LogP contribution in [0.15, 0.2) is 24.3 Å². The lowest BCUT2D eigenvalue weighted by Crippen LogP contribution is -2.44. The Hall–Kier alpha value is -1.42. The predicted molar refractivity (Wildman–Crippen MR) is 77.8 cm³/mol. The fourth-order valence-corrected chi connectivity index (χ4v) is 2.89. The largest absolute Gasteiger partial charge is 0.338 e. The molecule has 1 aromatic carbocycles. The van der Waals surface area contributed by atoms with Crippen molar-refractivity contribution in [2.45, 2.75) is 32.7 Å². The van der Waals surface area contributed by atoms with Gasteiger partial charge < -0.3 is 10.2 Å². The quantitative estimate of drug-likeness (QED) is 0.918. The lowest BCUT2D eigenvalue weighted by molar-refractivity contribution is -0.142. The summed E-state index contributed by atoms with van der Waals surface area (Å²) < 4.78 is 13.0. The lowest BCUT2D eigenvalue weighted by atomic mass is 9.82. The van der Waals surface area contributed by atoms with Crippen LogP contribution in [0.1, 0.15) is 38.3 Å². The van der Waals surface area contributed by atoms with Gasteiger partial charge in [0.15, 0.2) is 0 Å². The van der Waals surface area contributed by atoms with Crippen LogP contribution in [0.5, 0.6) is 0 Å². The molecule has 1 amide bonds. The minimum Gasteiger partial charge on any atom is -0.338 e. The SMILES string of the molecule is CCC1(C(=O)N(C)C(C)c2ccc(F)cc2)CCNC1. The number of amides is 1. The summed E-state index contributed by atoms with van der Waals surface area (Å²) in [5, 5.41) is 3.29. The fourth-order valence-electron chi connectivity index (χ4n) is 2.89. The molecule has 2 unspecified atom stereocenters. The molecule has 1 heterocycles. The molecule has 3 nitrogen and oxygen atoms in total. The predicted octanol–water partition coefficient (Wildman–Crippen LogP) is 2.73. The molecule has 2 atom stereocenters. The van der Waals surface area contributed by atoms with Gasteiger partial charge in [0.1, 0.15) is 5.82 Å². The highest BCUT2D eigenvalue weighted by Gasteiger charge is 2.42. The van der Waals surface area contributed by atoms with E-state index in [0.29, 0.717) is 0 Å². The van der Waals surface area contributed by atoms with Crippen molar-refractivity contribution in [1.82, 2.24) is 10.2 Å². The summed E-state index contributed by atoms with van der Waals surface area (Å²) in [5.74, 6) is -0.0678. The first-order valence-electron chi connectivity index (χ1n) is 7.23. The molecular formula is C16H23FN2O. The molecule has 0 saturated carbocycles. The average molecular weight is 278 g/mol. The molecule has 0 aliphatic carbocycles. The Balaban J connectivity index is 2.15. The highest BCUT2D eigenvalue weighted by Crippen LogP contribution is 2.34. The smallest absolute Gasteiger partial charge is 0.230 e. The van der Waals surface area contributed by atoms with Crippen molar-refractivity contribution in [2.75, 3.05) is 20.1 Å². The van der Waals surface area contributed by atoms with E-state index in [-0.39, 0.29) is 23.2 Å². The number of hydrogen-bond donors (Lipinski definition) is 1. The van der Waals surface area contributed by atoms with Crippen LogP contribution in [-0.2, 0) is 4.79 Å². The number of benzene rings is 1. The second-order valence-corrected chi connectivity index (χ2v) is 5.70. The number of halogens is 1. The number of nitrogens with zero attached hydrogens (tertiary/aromatic N) is 1. The van der Waals surface area contributed by atoms with E-state index in [1.807, 2.05) is 14.0 Å². The Kier molecular flexibility index (Phi) is 4.43. The molecule has 1 aromatic rings. The molecule has 110 valence electrons. The Morgan fingerprint density at radius 2 is 2.10 bits per heavy atom. The summed E-state index contributed by atoms with van der Waals surface area (Å²) in [4.78, 5) is 14.6. The monoisotopic (exact) mass is 278 g/mol. The molecule has 0 aromatic heterocycles. The standard InChI is InChI=1S/C16H23FN2O/c1-4-16(9-10-18-11-16)15(20)19(3)12(2)13-5-7-14(17)8-6-13/h5-8,12,18H,4,9-11H2,1-3H3. The van der Waals surface area contributed by atoms with E-state index < -0.39 is 0 Å². The number of nitrogens with one attached hydrogen (secondary N) is 1. The Morgan fingerprint density at radius 1 is 1.45 bits per heavy atom. The van der Waals surface area contributed by atoms with E-state index in [1.54, 1.807) is 17.0 Å². The second-order valence-electron chi connectivity index (χ2n) is 5.70. The van der Waals surface area contributed by atoms with E-state index in [4.69, 9.17) is 0 Å². The summed E-state index contributed by atoms with van der Waals surface area (Å²) in [6, 6.07) is 6.32. The molecular weight excluding hydrogens is 255 g/mol. The third-order valence-electron chi connectivity index (χ3n) is 4.63. The van der Waals surface area contributed by atoms with Crippen LogP contribution >= 0.6 is 0 Å². The number of carbonyl (C=O) groups is 1. The third kappa shape index (κ3) is 2.70. The Bertz CT molecular complexity index is 466. The van der Waals surface area contributed by atoms with Gasteiger partial charge in [-0.05, 0) is 44.0 Å². The van der Waals surface area contributed by atoms with Crippen molar-refractivity contribution in [3.05, 3.63) is 35.6 Å². The zero-order chi connectivity index (χ0) is 14.8. The van der Waals surface area contributed by atoms with Crippen molar-refractivity contribution in [3.63, 3.8) is 0 Å². The Labute approximate surface area is 120 Å². The molecule has 4 heteroatoms. The first-order chi connectivity index (χ1) is 9.50. The molecule has 20 heavy (non-hydrogen) atoms. The van der Waals surface area contributed by atoms with E-state index in [9.17, 15) is 9.18 Å². The van der Waals surface area contributed by atoms with Gasteiger partial charge in [-0.3, -0.25) is 4.79 Å². The first-order valence-corrected chi connectivity index (χ1v) is 7.23. The van der Waals surface area contributed by atoms with Crippen molar-refractivity contribution < 1.29 is 9.18 Å². The molecule has 1 fully saturated rings. The van der Waals surface area contributed by atoms with Gasteiger partial charge in [-0.1, -0.05) is 19.1 Å². The van der Waals surface area contributed by atoms with E-state index in [0.717, 1.165) is 31.5 Å². The Morgan fingerprint density at radius 3 is 2.60 bits per heavy atom. The molecule has 1 aliphatic rings.